The third kappa shape index (κ3) is 3.21. The van der Waals surface area contributed by atoms with Gasteiger partial charge in [-0.2, -0.15) is 0 Å². The molecular weight excluding hydrogens is 369 g/mol. The Labute approximate surface area is 155 Å². The number of fused-ring (bicyclic) bond motifs is 8. The summed E-state index contributed by atoms with van der Waals surface area (Å²) in [5.41, 5.74) is 7.86. The minimum atomic E-state index is 0. The molecule has 0 saturated carbocycles. The zero-order valence-corrected chi connectivity index (χ0v) is 12.8. The van der Waals surface area contributed by atoms with Crippen LogP contribution >= 0.6 is 0 Å². The van der Waals surface area contributed by atoms with E-state index in [1.807, 2.05) is 48.6 Å². The van der Waals surface area contributed by atoms with Crippen LogP contribution in [0.1, 0.15) is 22.8 Å². The summed E-state index contributed by atoms with van der Waals surface area (Å²) in [4.78, 5) is 16.0. The number of nitrogens with zero attached hydrogens (tertiary/aromatic N) is 2. The van der Waals surface area contributed by atoms with E-state index in [4.69, 9.17) is 0 Å². The fourth-order valence-corrected chi connectivity index (χ4v) is 2.94. The molecule has 3 aromatic heterocycles. The molecule has 8 bridgehead atoms. The predicted octanol–water partition coefficient (Wildman–Crippen LogP) is 3.20. The Bertz CT molecular complexity index is 990. The summed E-state index contributed by atoms with van der Waals surface area (Å²) in [7, 11) is 0. The van der Waals surface area contributed by atoms with Crippen molar-refractivity contribution in [1.29, 1.82) is 0 Å². The van der Waals surface area contributed by atoms with Gasteiger partial charge in [0.25, 0.3) is 0 Å². The molecule has 2 N–H and O–H groups in total. The van der Waals surface area contributed by atoms with Crippen molar-refractivity contribution in [2.75, 3.05) is 0 Å². The van der Waals surface area contributed by atoms with E-state index < -0.39 is 0 Å². The molecule has 4 nitrogen and oxygen atoms in total. The zero-order chi connectivity index (χ0) is 15.9. The first-order valence-electron chi connectivity index (χ1n) is 7.85. The molecule has 0 saturated heterocycles. The van der Waals surface area contributed by atoms with Gasteiger partial charge in [0.05, 0.1) is 22.8 Å². The number of hydrogen-bond donors (Lipinski definition) is 2. The summed E-state index contributed by atoms with van der Waals surface area (Å²) in [5, 5.41) is 0. The number of rotatable bonds is 0. The van der Waals surface area contributed by atoms with Crippen molar-refractivity contribution in [2.45, 2.75) is 0 Å². The summed E-state index contributed by atoms with van der Waals surface area (Å²) in [6.07, 6.45) is 8.09. The second kappa shape index (κ2) is 6.22. The first kappa shape index (κ1) is 15.7. The van der Waals surface area contributed by atoms with Crippen molar-refractivity contribution < 1.29 is 0 Å². The zero-order valence-electron chi connectivity index (χ0n) is 12.8. The van der Waals surface area contributed by atoms with E-state index in [0.29, 0.717) is 0 Å². The van der Waals surface area contributed by atoms with E-state index in [0.717, 1.165) is 44.8 Å². The number of nitrogens with one attached hydrogen (secondary N) is 2. The van der Waals surface area contributed by atoms with Crippen molar-refractivity contribution in [3.8, 4) is 0 Å². The molecule has 0 amide bonds. The molecule has 0 atom stereocenters. The summed E-state index contributed by atoms with van der Waals surface area (Å²) in [5.74, 6) is 0. The van der Waals surface area contributed by atoms with Crippen LogP contribution in [0.4, 0.5) is 0 Å². The number of hydrogen-bond acceptors (Lipinski definition) is 2. The van der Waals surface area contributed by atoms with Gasteiger partial charge in [-0.25, -0.2) is 9.97 Å². The van der Waals surface area contributed by atoms with Gasteiger partial charge in [-0.1, -0.05) is 0 Å². The quantitative estimate of drug-likeness (QED) is 0.401. The standard InChI is InChI=1S/C20H14N4.GeH4/c1-2-14-10-16-5-6-18(23-16)12-20-8-7-19(24-20)11-17-4-3-15(22-17)9-13(1)21-14;/h1-12,21,24H;1H4. The van der Waals surface area contributed by atoms with Gasteiger partial charge in [-0.05, 0) is 72.8 Å². The molecule has 2 aliphatic heterocycles. The molecular formula is C20H18GeN4. The molecule has 122 valence electrons. The third-order valence-electron chi connectivity index (χ3n) is 4.04. The second-order valence-electron chi connectivity index (χ2n) is 5.91. The number of aromatic amines is 2. The van der Waals surface area contributed by atoms with Gasteiger partial charge in [0.1, 0.15) is 0 Å². The molecule has 0 aromatic carbocycles. The molecule has 2 aliphatic rings. The normalized spacial score (nSPS) is 12.2. The molecule has 5 heteroatoms. The molecule has 0 spiro atoms. The van der Waals surface area contributed by atoms with Crippen LogP contribution in [-0.4, -0.2) is 37.5 Å². The first-order valence-corrected chi connectivity index (χ1v) is 7.85. The van der Waals surface area contributed by atoms with E-state index in [2.05, 4.69) is 44.2 Å². The molecule has 5 rings (SSSR count). The number of H-pyrrole nitrogens is 2. The van der Waals surface area contributed by atoms with Crippen LogP contribution in [0.2, 0.25) is 0 Å². The third-order valence-corrected chi connectivity index (χ3v) is 4.04. The first-order chi connectivity index (χ1) is 11.8. The average molecular weight is 387 g/mol. The maximum atomic E-state index is 4.63. The van der Waals surface area contributed by atoms with Crippen LogP contribution in [0.5, 0.6) is 0 Å². The molecule has 3 aromatic rings. The van der Waals surface area contributed by atoms with Crippen LogP contribution in [-0.2, 0) is 0 Å². The van der Waals surface area contributed by atoms with Crippen molar-refractivity contribution >= 4 is 64.0 Å². The van der Waals surface area contributed by atoms with E-state index in [-0.39, 0.29) is 17.6 Å². The van der Waals surface area contributed by atoms with Crippen molar-refractivity contribution in [1.82, 2.24) is 19.9 Å². The topological polar surface area (TPSA) is 57.4 Å². The summed E-state index contributed by atoms with van der Waals surface area (Å²) >= 11 is 0. The summed E-state index contributed by atoms with van der Waals surface area (Å²) in [6, 6.07) is 16.4. The van der Waals surface area contributed by atoms with E-state index in [1.54, 1.807) is 0 Å². The van der Waals surface area contributed by atoms with E-state index in [9.17, 15) is 0 Å². The maximum absolute atomic E-state index is 4.63. The van der Waals surface area contributed by atoms with E-state index >= 15 is 0 Å². The molecule has 0 fully saturated rings. The van der Waals surface area contributed by atoms with Gasteiger partial charge in [-0.3, -0.25) is 0 Å². The minimum absolute atomic E-state index is 0. The Balaban J connectivity index is 0.00000157. The van der Waals surface area contributed by atoms with Gasteiger partial charge in [0, 0.05) is 22.1 Å². The van der Waals surface area contributed by atoms with Gasteiger partial charge < -0.3 is 9.97 Å². The van der Waals surface area contributed by atoms with E-state index in [1.165, 1.54) is 0 Å². The SMILES string of the molecule is C1=Cc2cc3ccc(cc4nc(cc5ccc(cc1n2)[nH]5)C=C4)[nH]3.[GeH4]. The Kier molecular flexibility index (Phi) is 3.89. The Morgan fingerprint density at radius 2 is 0.760 bits per heavy atom. The van der Waals surface area contributed by atoms with Crippen LogP contribution in [0, 0.1) is 0 Å². The Morgan fingerprint density at radius 1 is 0.480 bits per heavy atom. The van der Waals surface area contributed by atoms with Crippen molar-refractivity contribution in [3.63, 3.8) is 0 Å². The Hall–Kier alpha value is -2.86. The predicted molar refractivity (Wildman–Crippen MR) is 110 cm³/mol. The summed E-state index contributed by atoms with van der Waals surface area (Å²) < 4.78 is 0. The molecule has 0 aliphatic carbocycles. The van der Waals surface area contributed by atoms with Crippen molar-refractivity contribution in [2.24, 2.45) is 0 Å². The van der Waals surface area contributed by atoms with Crippen LogP contribution in [0.3, 0.4) is 0 Å². The van der Waals surface area contributed by atoms with Crippen LogP contribution in [0.15, 0.2) is 48.5 Å². The molecule has 5 heterocycles. The number of aromatic nitrogens is 4. The fraction of sp³-hybridized carbons (Fsp3) is 0. The molecule has 25 heavy (non-hydrogen) atoms. The Morgan fingerprint density at radius 3 is 1.04 bits per heavy atom. The van der Waals surface area contributed by atoms with Gasteiger partial charge in [-0.15, -0.1) is 0 Å². The second-order valence-corrected chi connectivity index (χ2v) is 5.91. The molecule has 0 radical (unpaired) electrons. The van der Waals surface area contributed by atoms with Crippen LogP contribution < -0.4 is 0 Å². The summed E-state index contributed by atoms with van der Waals surface area (Å²) in [6.45, 7) is 0. The van der Waals surface area contributed by atoms with Crippen molar-refractivity contribution in [3.05, 3.63) is 71.3 Å². The molecule has 0 unspecified atom stereocenters. The monoisotopic (exact) mass is 388 g/mol. The van der Waals surface area contributed by atoms with Gasteiger partial charge in [0.2, 0.25) is 0 Å². The van der Waals surface area contributed by atoms with Gasteiger partial charge in [0.15, 0.2) is 0 Å². The fourth-order valence-electron chi connectivity index (χ4n) is 2.94. The van der Waals surface area contributed by atoms with Gasteiger partial charge >= 0.3 is 17.6 Å². The van der Waals surface area contributed by atoms with Crippen LogP contribution in [0.25, 0.3) is 46.4 Å². The average Bonchev–Trinajstić information content (AvgIpc) is 3.32.